The highest BCUT2D eigenvalue weighted by Gasteiger charge is 2.11. The molecule has 0 aliphatic heterocycles. The molecule has 0 aliphatic carbocycles. The Bertz CT molecular complexity index is 722. The van der Waals surface area contributed by atoms with Crippen LogP contribution in [0.2, 0.25) is 0 Å². The Morgan fingerprint density at radius 3 is 2.35 bits per heavy atom. The molecular weight excluding hydrogens is 284 g/mol. The summed E-state index contributed by atoms with van der Waals surface area (Å²) < 4.78 is 24.4. The van der Waals surface area contributed by atoms with E-state index in [-0.39, 0.29) is 11.8 Å². The van der Waals surface area contributed by atoms with Crippen molar-refractivity contribution in [2.24, 2.45) is 0 Å². The van der Waals surface area contributed by atoms with E-state index in [0.29, 0.717) is 11.4 Å². The molecule has 0 radical (unpaired) electrons. The molecule has 1 aromatic carbocycles. The molecule has 0 saturated carbocycles. The van der Waals surface area contributed by atoms with Gasteiger partial charge >= 0.3 is 0 Å². The van der Waals surface area contributed by atoms with E-state index in [1.165, 1.54) is 12.1 Å². The first-order valence-electron chi connectivity index (χ1n) is 5.40. The van der Waals surface area contributed by atoms with E-state index in [4.69, 9.17) is 5.73 Å². The SMILES string of the molecule is CS(=O)(=O)Nc1ccc(NC(=O)c2nc(N)n[nH]2)cc1. The number of aromatic nitrogens is 3. The molecule has 5 N–H and O–H groups in total. The fraction of sp³-hybridized carbons (Fsp3) is 0.100. The van der Waals surface area contributed by atoms with Gasteiger partial charge in [0, 0.05) is 11.4 Å². The molecule has 0 spiro atoms. The molecule has 0 aliphatic rings. The minimum Gasteiger partial charge on any atom is -0.366 e. The number of sulfonamides is 1. The number of amides is 1. The van der Waals surface area contributed by atoms with Crippen molar-refractivity contribution in [1.29, 1.82) is 0 Å². The van der Waals surface area contributed by atoms with Gasteiger partial charge in [-0.05, 0) is 24.3 Å². The number of anilines is 3. The van der Waals surface area contributed by atoms with Crippen molar-refractivity contribution >= 4 is 33.3 Å². The highest BCUT2D eigenvalue weighted by Crippen LogP contribution is 2.15. The first-order valence-corrected chi connectivity index (χ1v) is 7.30. The molecule has 9 nitrogen and oxygen atoms in total. The van der Waals surface area contributed by atoms with Gasteiger partial charge in [-0.1, -0.05) is 0 Å². The maximum absolute atomic E-state index is 11.7. The molecule has 0 atom stereocenters. The Morgan fingerprint density at radius 1 is 1.25 bits per heavy atom. The number of aromatic amines is 1. The zero-order valence-electron chi connectivity index (χ0n) is 10.4. The van der Waals surface area contributed by atoms with Crippen molar-refractivity contribution in [3.05, 3.63) is 30.1 Å². The molecule has 0 unspecified atom stereocenters. The van der Waals surface area contributed by atoms with Gasteiger partial charge in [-0.15, -0.1) is 5.10 Å². The lowest BCUT2D eigenvalue weighted by Gasteiger charge is -2.06. The summed E-state index contributed by atoms with van der Waals surface area (Å²) in [6.45, 7) is 0. The number of nitrogen functional groups attached to an aromatic ring is 1. The van der Waals surface area contributed by atoms with Crippen LogP contribution in [0.25, 0.3) is 0 Å². The summed E-state index contributed by atoms with van der Waals surface area (Å²) in [5.74, 6) is -0.540. The van der Waals surface area contributed by atoms with E-state index in [2.05, 4.69) is 25.2 Å². The molecule has 1 amide bonds. The van der Waals surface area contributed by atoms with E-state index >= 15 is 0 Å². The zero-order chi connectivity index (χ0) is 14.8. The number of hydrogen-bond donors (Lipinski definition) is 4. The highest BCUT2D eigenvalue weighted by molar-refractivity contribution is 7.92. The zero-order valence-corrected chi connectivity index (χ0v) is 11.2. The Balaban J connectivity index is 2.06. The molecular formula is C10H12N6O3S. The lowest BCUT2D eigenvalue weighted by Crippen LogP contribution is -2.14. The maximum Gasteiger partial charge on any atom is 0.293 e. The second-order valence-electron chi connectivity index (χ2n) is 3.95. The van der Waals surface area contributed by atoms with E-state index in [0.717, 1.165) is 6.26 Å². The average Bonchev–Trinajstić information content (AvgIpc) is 2.77. The predicted molar refractivity (Wildman–Crippen MR) is 73.7 cm³/mol. The van der Waals surface area contributed by atoms with E-state index in [9.17, 15) is 13.2 Å². The topological polar surface area (TPSA) is 143 Å². The smallest absolute Gasteiger partial charge is 0.293 e. The second-order valence-corrected chi connectivity index (χ2v) is 5.70. The molecule has 106 valence electrons. The number of carbonyl (C=O) groups is 1. The third-order valence-corrected chi connectivity index (χ3v) is 2.77. The normalized spacial score (nSPS) is 11.1. The summed E-state index contributed by atoms with van der Waals surface area (Å²) in [6, 6.07) is 6.13. The van der Waals surface area contributed by atoms with Crippen molar-refractivity contribution in [3.63, 3.8) is 0 Å². The van der Waals surface area contributed by atoms with Crippen molar-refractivity contribution < 1.29 is 13.2 Å². The van der Waals surface area contributed by atoms with Crippen LogP contribution in [-0.4, -0.2) is 35.8 Å². The summed E-state index contributed by atoms with van der Waals surface area (Å²) in [5, 5.41) is 8.47. The lowest BCUT2D eigenvalue weighted by molar-refractivity contribution is 0.101. The molecule has 1 heterocycles. The Labute approximate surface area is 114 Å². The fourth-order valence-corrected chi connectivity index (χ4v) is 1.97. The van der Waals surface area contributed by atoms with Gasteiger partial charge in [-0.2, -0.15) is 4.98 Å². The number of nitrogens with zero attached hydrogens (tertiary/aromatic N) is 2. The van der Waals surface area contributed by atoms with E-state index in [1.807, 2.05) is 0 Å². The summed E-state index contributed by atoms with van der Waals surface area (Å²) >= 11 is 0. The van der Waals surface area contributed by atoms with Crippen LogP contribution in [0.15, 0.2) is 24.3 Å². The second kappa shape index (κ2) is 5.17. The highest BCUT2D eigenvalue weighted by atomic mass is 32.2. The third kappa shape index (κ3) is 3.68. The molecule has 0 fully saturated rings. The van der Waals surface area contributed by atoms with Crippen LogP contribution in [0.3, 0.4) is 0 Å². The van der Waals surface area contributed by atoms with Crippen LogP contribution < -0.4 is 15.8 Å². The molecule has 10 heteroatoms. The van der Waals surface area contributed by atoms with Crippen LogP contribution in [0, 0.1) is 0 Å². The molecule has 20 heavy (non-hydrogen) atoms. The molecule has 0 saturated heterocycles. The van der Waals surface area contributed by atoms with Gasteiger partial charge in [-0.3, -0.25) is 14.6 Å². The van der Waals surface area contributed by atoms with Gasteiger partial charge in [0.1, 0.15) is 0 Å². The van der Waals surface area contributed by atoms with Crippen molar-refractivity contribution in [3.8, 4) is 0 Å². The molecule has 2 rings (SSSR count). The van der Waals surface area contributed by atoms with Crippen LogP contribution >= 0.6 is 0 Å². The molecule has 0 bridgehead atoms. The monoisotopic (exact) mass is 296 g/mol. The third-order valence-electron chi connectivity index (χ3n) is 2.16. The van der Waals surface area contributed by atoms with Crippen molar-refractivity contribution in [2.45, 2.75) is 0 Å². The summed E-state index contributed by atoms with van der Waals surface area (Å²) in [6.07, 6.45) is 1.05. The quantitative estimate of drug-likeness (QED) is 0.626. The number of H-pyrrole nitrogens is 1. The number of nitrogens with one attached hydrogen (secondary N) is 3. The van der Waals surface area contributed by atoms with E-state index in [1.54, 1.807) is 12.1 Å². The number of rotatable bonds is 4. The van der Waals surface area contributed by atoms with Gasteiger partial charge in [0.2, 0.25) is 21.8 Å². The maximum atomic E-state index is 11.7. The first-order chi connectivity index (χ1) is 9.33. The largest absolute Gasteiger partial charge is 0.366 e. The number of benzene rings is 1. The minimum absolute atomic E-state index is 0.0131. The van der Waals surface area contributed by atoms with Crippen LogP contribution in [-0.2, 0) is 10.0 Å². The molecule has 1 aromatic heterocycles. The predicted octanol–water partition coefficient (Wildman–Crippen LogP) is 0.0107. The Morgan fingerprint density at radius 2 is 1.85 bits per heavy atom. The molecule has 2 aromatic rings. The van der Waals surface area contributed by atoms with E-state index < -0.39 is 15.9 Å². The van der Waals surface area contributed by atoms with Crippen molar-refractivity contribution in [2.75, 3.05) is 22.0 Å². The van der Waals surface area contributed by atoms with Crippen LogP contribution in [0.5, 0.6) is 0 Å². The number of nitrogens with two attached hydrogens (primary N) is 1. The Hall–Kier alpha value is -2.62. The fourth-order valence-electron chi connectivity index (χ4n) is 1.40. The van der Waals surface area contributed by atoms with Crippen molar-refractivity contribution in [1.82, 2.24) is 15.2 Å². The number of carbonyl (C=O) groups excluding carboxylic acids is 1. The Kier molecular flexibility index (Phi) is 3.57. The standard InChI is InChI=1S/C10H12N6O3S/c1-20(18,19)16-7-4-2-6(3-5-7)12-9(17)8-13-10(11)15-14-8/h2-5,16H,1H3,(H,12,17)(H3,11,13,14,15). The first kappa shape index (κ1) is 13.8. The average molecular weight is 296 g/mol. The van der Waals surface area contributed by atoms with Gasteiger partial charge in [0.25, 0.3) is 5.91 Å². The van der Waals surface area contributed by atoms with Gasteiger partial charge < -0.3 is 11.1 Å². The van der Waals surface area contributed by atoms with Gasteiger partial charge in [0.05, 0.1) is 6.26 Å². The van der Waals surface area contributed by atoms with Crippen LogP contribution in [0.4, 0.5) is 17.3 Å². The van der Waals surface area contributed by atoms with Gasteiger partial charge in [0.15, 0.2) is 0 Å². The summed E-state index contributed by atoms with van der Waals surface area (Å²) in [5.41, 5.74) is 6.16. The number of hydrogen-bond acceptors (Lipinski definition) is 6. The minimum atomic E-state index is -3.33. The summed E-state index contributed by atoms with van der Waals surface area (Å²) in [7, 11) is -3.33. The lowest BCUT2D eigenvalue weighted by atomic mass is 10.3. The van der Waals surface area contributed by atoms with Crippen LogP contribution in [0.1, 0.15) is 10.6 Å². The summed E-state index contributed by atoms with van der Waals surface area (Å²) in [4.78, 5) is 15.4. The van der Waals surface area contributed by atoms with Gasteiger partial charge in [-0.25, -0.2) is 8.42 Å².